The summed E-state index contributed by atoms with van der Waals surface area (Å²) in [6, 6.07) is 4.05. The van der Waals surface area contributed by atoms with Crippen LogP contribution in [0.15, 0.2) is 23.1 Å². The van der Waals surface area contributed by atoms with Crippen LogP contribution in [0.1, 0.15) is 43.5 Å². The summed E-state index contributed by atoms with van der Waals surface area (Å²) in [5.41, 5.74) is 0.293. The Balaban J connectivity index is 2.01. The summed E-state index contributed by atoms with van der Waals surface area (Å²) in [4.78, 5) is 11.5. The molecule has 152 valence electrons. The molecule has 1 aliphatic heterocycles. The molecule has 1 fully saturated rings. The van der Waals surface area contributed by atoms with Gasteiger partial charge < -0.3 is 19.9 Å². The van der Waals surface area contributed by atoms with Crippen molar-refractivity contribution in [2.75, 3.05) is 31.6 Å². The van der Waals surface area contributed by atoms with Gasteiger partial charge in [0.15, 0.2) is 0 Å². The zero-order valence-corrected chi connectivity index (χ0v) is 16.5. The number of sulfonamides is 1. The lowest BCUT2D eigenvalue weighted by molar-refractivity contribution is 0.0697. The lowest BCUT2D eigenvalue weighted by atomic mass is 10.1. The number of benzene rings is 1. The number of carboxylic acid groups (broad SMARTS) is 1. The molecule has 1 heterocycles. The van der Waals surface area contributed by atoms with Crippen LogP contribution in [0.4, 0.5) is 5.69 Å². The van der Waals surface area contributed by atoms with Gasteiger partial charge in [-0.05, 0) is 51.3 Å². The SMILES string of the molecule is CC(C)OCCCNS(=O)(=O)c1ccc(NC[C@H]2CCCO2)c(C(=O)O)c1. The second-order valence-electron chi connectivity index (χ2n) is 6.70. The average molecular weight is 400 g/mol. The number of hydrogen-bond donors (Lipinski definition) is 3. The van der Waals surface area contributed by atoms with E-state index in [0.29, 0.717) is 31.9 Å². The van der Waals surface area contributed by atoms with Gasteiger partial charge >= 0.3 is 5.97 Å². The number of carbonyl (C=O) groups is 1. The molecule has 1 saturated heterocycles. The van der Waals surface area contributed by atoms with Crippen LogP contribution in [0, 0.1) is 0 Å². The van der Waals surface area contributed by atoms with E-state index in [1.807, 2.05) is 13.8 Å². The number of aromatic carboxylic acids is 1. The van der Waals surface area contributed by atoms with Gasteiger partial charge in [0.05, 0.1) is 22.7 Å². The van der Waals surface area contributed by atoms with E-state index in [2.05, 4.69) is 10.0 Å². The summed E-state index contributed by atoms with van der Waals surface area (Å²) >= 11 is 0. The number of ether oxygens (including phenoxy) is 2. The van der Waals surface area contributed by atoms with E-state index >= 15 is 0 Å². The molecule has 0 unspecified atom stereocenters. The minimum absolute atomic E-state index is 0.0461. The van der Waals surface area contributed by atoms with Crippen molar-refractivity contribution < 1.29 is 27.8 Å². The van der Waals surface area contributed by atoms with E-state index in [9.17, 15) is 18.3 Å². The molecule has 0 radical (unpaired) electrons. The first-order valence-electron chi connectivity index (χ1n) is 9.13. The molecule has 1 atom stereocenters. The fourth-order valence-electron chi connectivity index (χ4n) is 2.73. The highest BCUT2D eigenvalue weighted by Gasteiger charge is 2.20. The van der Waals surface area contributed by atoms with Crippen LogP contribution < -0.4 is 10.0 Å². The Morgan fingerprint density at radius 1 is 1.41 bits per heavy atom. The average Bonchev–Trinajstić information content (AvgIpc) is 3.12. The molecule has 0 amide bonds. The van der Waals surface area contributed by atoms with Gasteiger partial charge in [-0.1, -0.05) is 0 Å². The maximum Gasteiger partial charge on any atom is 0.337 e. The van der Waals surface area contributed by atoms with Gasteiger partial charge in [-0.25, -0.2) is 17.9 Å². The van der Waals surface area contributed by atoms with E-state index < -0.39 is 16.0 Å². The molecular formula is C18H28N2O6S. The second-order valence-corrected chi connectivity index (χ2v) is 8.47. The summed E-state index contributed by atoms with van der Waals surface area (Å²) < 4.78 is 38.1. The Labute approximate surface area is 160 Å². The van der Waals surface area contributed by atoms with E-state index in [-0.39, 0.29) is 29.2 Å². The molecule has 1 aliphatic rings. The van der Waals surface area contributed by atoms with Crippen LogP contribution >= 0.6 is 0 Å². The van der Waals surface area contributed by atoms with Gasteiger partial charge in [0.1, 0.15) is 0 Å². The molecule has 3 N–H and O–H groups in total. The molecule has 2 rings (SSSR count). The van der Waals surface area contributed by atoms with E-state index in [0.717, 1.165) is 12.8 Å². The summed E-state index contributed by atoms with van der Waals surface area (Å²) in [6.07, 6.45) is 2.58. The van der Waals surface area contributed by atoms with Crippen LogP contribution in [0.25, 0.3) is 0 Å². The third-order valence-corrected chi connectivity index (χ3v) is 5.60. The zero-order valence-electron chi connectivity index (χ0n) is 15.7. The van der Waals surface area contributed by atoms with E-state index in [4.69, 9.17) is 9.47 Å². The van der Waals surface area contributed by atoms with Crippen molar-refractivity contribution in [3.8, 4) is 0 Å². The van der Waals surface area contributed by atoms with Gasteiger partial charge in [0.2, 0.25) is 10.0 Å². The summed E-state index contributed by atoms with van der Waals surface area (Å²) in [7, 11) is -3.79. The van der Waals surface area contributed by atoms with Crippen LogP contribution in [-0.2, 0) is 19.5 Å². The number of carboxylic acids is 1. The van der Waals surface area contributed by atoms with Crippen LogP contribution in [0.2, 0.25) is 0 Å². The first-order chi connectivity index (χ1) is 12.8. The zero-order chi connectivity index (χ0) is 19.9. The molecule has 0 bridgehead atoms. The Hall–Kier alpha value is -1.68. The Kier molecular flexibility index (Phi) is 8.03. The largest absolute Gasteiger partial charge is 0.478 e. The first-order valence-corrected chi connectivity index (χ1v) is 10.6. The van der Waals surface area contributed by atoms with Crippen molar-refractivity contribution in [3.05, 3.63) is 23.8 Å². The molecule has 1 aromatic carbocycles. The lowest BCUT2D eigenvalue weighted by Crippen LogP contribution is -2.26. The Morgan fingerprint density at radius 3 is 2.81 bits per heavy atom. The van der Waals surface area contributed by atoms with Crippen molar-refractivity contribution in [2.24, 2.45) is 0 Å². The minimum atomic E-state index is -3.79. The van der Waals surface area contributed by atoms with Crippen molar-refractivity contribution in [1.29, 1.82) is 0 Å². The van der Waals surface area contributed by atoms with Gasteiger partial charge in [-0.2, -0.15) is 0 Å². The number of nitrogens with one attached hydrogen (secondary N) is 2. The predicted molar refractivity (Wildman–Crippen MR) is 102 cm³/mol. The smallest absolute Gasteiger partial charge is 0.337 e. The fourth-order valence-corrected chi connectivity index (χ4v) is 3.83. The number of hydrogen-bond acceptors (Lipinski definition) is 6. The fraction of sp³-hybridized carbons (Fsp3) is 0.611. The molecule has 9 heteroatoms. The van der Waals surface area contributed by atoms with Crippen molar-refractivity contribution in [3.63, 3.8) is 0 Å². The standard InChI is InChI=1S/C18H28N2O6S/c1-13(2)25-10-4-8-20-27(23,24)15-6-7-17(16(11-15)18(21)22)19-12-14-5-3-9-26-14/h6-7,11,13-14,19-20H,3-5,8-10,12H2,1-2H3,(H,21,22)/t14-/m1/s1. The quantitative estimate of drug-likeness (QED) is 0.487. The van der Waals surface area contributed by atoms with E-state index in [1.54, 1.807) is 0 Å². The first kappa shape index (κ1) is 21.6. The highest BCUT2D eigenvalue weighted by Crippen LogP contribution is 2.22. The maximum atomic E-state index is 12.4. The topological polar surface area (TPSA) is 114 Å². The van der Waals surface area contributed by atoms with Crippen molar-refractivity contribution in [1.82, 2.24) is 4.72 Å². The highest BCUT2D eigenvalue weighted by atomic mass is 32.2. The summed E-state index contributed by atoms with van der Waals surface area (Å²) in [5, 5.41) is 12.5. The Morgan fingerprint density at radius 2 is 2.19 bits per heavy atom. The number of anilines is 1. The maximum absolute atomic E-state index is 12.4. The summed E-state index contributed by atoms with van der Waals surface area (Å²) in [6.45, 7) is 5.69. The highest BCUT2D eigenvalue weighted by molar-refractivity contribution is 7.89. The third-order valence-electron chi connectivity index (χ3n) is 4.14. The third kappa shape index (κ3) is 6.76. The van der Waals surface area contributed by atoms with Crippen LogP contribution in [-0.4, -0.2) is 58.0 Å². The molecule has 0 spiro atoms. The molecule has 0 aromatic heterocycles. The van der Waals surface area contributed by atoms with Gasteiger partial charge in [-0.3, -0.25) is 0 Å². The molecule has 8 nitrogen and oxygen atoms in total. The monoisotopic (exact) mass is 400 g/mol. The molecule has 1 aromatic rings. The lowest BCUT2D eigenvalue weighted by Gasteiger charge is -2.15. The second kappa shape index (κ2) is 10.0. The minimum Gasteiger partial charge on any atom is -0.478 e. The van der Waals surface area contributed by atoms with Crippen LogP contribution in [0.3, 0.4) is 0 Å². The van der Waals surface area contributed by atoms with Gasteiger partial charge in [0.25, 0.3) is 0 Å². The van der Waals surface area contributed by atoms with Crippen molar-refractivity contribution >= 4 is 21.7 Å². The van der Waals surface area contributed by atoms with Crippen LogP contribution in [0.5, 0.6) is 0 Å². The molecule has 0 saturated carbocycles. The Bertz CT molecular complexity index is 729. The number of rotatable bonds is 11. The van der Waals surface area contributed by atoms with Gasteiger partial charge in [0, 0.05) is 32.0 Å². The van der Waals surface area contributed by atoms with E-state index in [1.165, 1.54) is 18.2 Å². The normalized spacial score (nSPS) is 17.4. The van der Waals surface area contributed by atoms with Crippen molar-refractivity contribution in [2.45, 2.75) is 50.2 Å². The molecule has 0 aliphatic carbocycles. The molecule has 27 heavy (non-hydrogen) atoms. The summed E-state index contributed by atoms with van der Waals surface area (Å²) in [5.74, 6) is -1.19. The predicted octanol–water partition coefficient (Wildman–Crippen LogP) is 2.07. The van der Waals surface area contributed by atoms with Gasteiger partial charge in [-0.15, -0.1) is 0 Å². The molecular weight excluding hydrogens is 372 g/mol.